The van der Waals surface area contributed by atoms with Crippen LogP contribution in [0.1, 0.15) is 10.5 Å². The number of hydrogen-bond donors (Lipinski definition) is 1. The fraction of sp³-hybridized carbons (Fsp3) is 0. The van der Waals surface area contributed by atoms with E-state index in [9.17, 15) is 4.79 Å². The molecule has 0 bridgehead atoms. The third-order valence-electron chi connectivity index (χ3n) is 0.579. The van der Waals surface area contributed by atoms with E-state index in [2.05, 4.69) is 9.59 Å². The molecule has 1 aromatic rings. The predicted molar refractivity (Wildman–Crippen MR) is 34.1 cm³/mol. The zero-order valence-electron chi connectivity index (χ0n) is 4.14. The molecule has 0 fully saturated rings. The Kier molecular flexibility index (Phi) is 3.11. The molecule has 1 N–H and O–H groups in total. The molecule has 1 aromatic heterocycles. The van der Waals surface area contributed by atoms with Gasteiger partial charge in [-0.2, -0.15) is 0 Å². The smallest absolute Gasteiger partial charge is 0.357 e. The van der Waals surface area contributed by atoms with Gasteiger partial charge < -0.3 is 5.11 Å². The zero-order valence-corrected chi connectivity index (χ0v) is 5.78. The van der Waals surface area contributed by atoms with E-state index in [0.717, 1.165) is 11.5 Å². The molecule has 0 aromatic carbocycles. The number of carbonyl (C=O) groups is 1. The molecule has 9 heavy (non-hydrogen) atoms. The zero-order chi connectivity index (χ0) is 5.98. The number of carboxylic acids is 1. The average molecular weight is 167 g/mol. The Morgan fingerprint density at radius 2 is 2.44 bits per heavy atom. The van der Waals surface area contributed by atoms with Crippen molar-refractivity contribution in [1.29, 1.82) is 0 Å². The molecule has 1 heterocycles. The van der Waals surface area contributed by atoms with Crippen molar-refractivity contribution in [1.82, 2.24) is 9.59 Å². The van der Waals surface area contributed by atoms with Gasteiger partial charge in [0.15, 0.2) is 5.69 Å². The van der Waals surface area contributed by atoms with Crippen LogP contribution in [0.15, 0.2) is 5.38 Å². The molecule has 0 aliphatic heterocycles. The van der Waals surface area contributed by atoms with Gasteiger partial charge in [0.25, 0.3) is 0 Å². The number of carboxylic acid groups (broad SMARTS) is 1. The molecule has 50 valence electrons. The van der Waals surface area contributed by atoms with E-state index in [1.165, 1.54) is 5.38 Å². The lowest BCUT2D eigenvalue weighted by molar-refractivity contribution is 0.0690. The van der Waals surface area contributed by atoms with Crippen LogP contribution >= 0.6 is 23.9 Å². The van der Waals surface area contributed by atoms with Gasteiger partial charge in [0.2, 0.25) is 0 Å². The first-order valence-electron chi connectivity index (χ1n) is 1.81. The first-order valence-corrected chi connectivity index (χ1v) is 2.64. The number of aromatic carboxylic acids is 1. The molecule has 0 saturated carbocycles. The van der Waals surface area contributed by atoms with Gasteiger partial charge in [0.1, 0.15) is 0 Å². The van der Waals surface area contributed by atoms with E-state index in [1.54, 1.807) is 0 Å². The Morgan fingerprint density at radius 3 is 2.67 bits per heavy atom. The quantitative estimate of drug-likeness (QED) is 0.666. The van der Waals surface area contributed by atoms with Crippen LogP contribution in [-0.4, -0.2) is 20.7 Å². The monoisotopic (exact) mass is 166 g/mol. The van der Waals surface area contributed by atoms with Crippen LogP contribution < -0.4 is 0 Å². The van der Waals surface area contributed by atoms with Gasteiger partial charge in [0, 0.05) is 5.38 Å². The van der Waals surface area contributed by atoms with Crippen molar-refractivity contribution in [2.75, 3.05) is 0 Å². The molecular weight excluding hydrogens is 164 g/mol. The van der Waals surface area contributed by atoms with Crippen LogP contribution in [-0.2, 0) is 0 Å². The summed E-state index contributed by atoms with van der Waals surface area (Å²) in [6.45, 7) is 0. The molecule has 0 aliphatic carbocycles. The van der Waals surface area contributed by atoms with Gasteiger partial charge in [0.05, 0.1) is 0 Å². The molecule has 0 saturated heterocycles. The summed E-state index contributed by atoms with van der Waals surface area (Å²) in [5.41, 5.74) is 0.00926. The highest BCUT2D eigenvalue weighted by Crippen LogP contribution is 1.94. The maximum atomic E-state index is 9.97. The summed E-state index contributed by atoms with van der Waals surface area (Å²) in [7, 11) is 0. The van der Waals surface area contributed by atoms with Crippen LogP contribution in [0.25, 0.3) is 0 Å². The Morgan fingerprint density at radius 1 is 1.78 bits per heavy atom. The van der Waals surface area contributed by atoms with Gasteiger partial charge in [-0.1, -0.05) is 4.49 Å². The lowest BCUT2D eigenvalue weighted by atomic mass is 10.5. The summed E-state index contributed by atoms with van der Waals surface area (Å²) in [5, 5.41) is 12.8. The van der Waals surface area contributed by atoms with Crippen LogP contribution in [0.3, 0.4) is 0 Å². The van der Waals surface area contributed by atoms with E-state index in [-0.39, 0.29) is 18.1 Å². The Hall–Kier alpha value is -0.680. The maximum absolute atomic E-state index is 9.97. The van der Waals surface area contributed by atoms with Crippen LogP contribution in [0.4, 0.5) is 0 Å². The first kappa shape index (κ1) is 8.32. The number of hydrogen-bond acceptors (Lipinski definition) is 4. The number of aromatic nitrogens is 2. The standard InChI is InChI=1S/C3H2N2O2S.ClH/c6-3(7)2-1-8-5-4-2;/h1H,(H,6,7);1H. The molecule has 0 spiro atoms. The van der Waals surface area contributed by atoms with E-state index in [4.69, 9.17) is 5.11 Å². The first-order chi connectivity index (χ1) is 3.80. The van der Waals surface area contributed by atoms with Crippen molar-refractivity contribution in [2.45, 2.75) is 0 Å². The second-order valence-corrected chi connectivity index (χ2v) is 1.71. The van der Waals surface area contributed by atoms with Crippen molar-refractivity contribution in [3.63, 3.8) is 0 Å². The highest BCUT2D eigenvalue weighted by Gasteiger charge is 2.02. The maximum Gasteiger partial charge on any atom is 0.357 e. The minimum absolute atomic E-state index is 0. The summed E-state index contributed by atoms with van der Waals surface area (Å²) in [5.74, 6) is -1.03. The van der Waals surface area contributed by atoms with E-state index in [1.807, 2.05) is 0 Å². The number of halogens is 1. The fourth-order valence-corrected chi connectivity index (χ4v) is 0.688. The summed E-state index contributed by atoms with van der Waals surface area (Å²) in [6.07, 6.45) is 0. The Balaban J connectivity index is 0.000000640. The molecule has 6 heteroatoms. The van der Waals surface area contributed by atoms with Gasteiger partial charge in [-0.05, 0) is 11.5 Å². The summed E-state index contributed by atoms with van der Waals surface area (Å²) in [4.78, 5) is 9.97. The minimum atomic E-state index is -1.03. The fourth-order valence-electron chi connectivity index (χ4n) is 0.258. The molecular formula is C3H3ClN2O2S. The summed E-state index contributed by atoms with van der Waals surface area (Å²) >= 11 is 1.03. The van der Waals surface area contributed by atoms with Crippen molar-refractivity contribution >= 4 is 29.9 Å². The third-order valence-corrected chi connectivity index (χ3v) is 1.08. The van der Waals surface area contributed by atoms with Crippen LogP contribution in [0, 0.1) is 0 Å². The number of nitrogens with zero attached hydrogens (tertiary/aromatic N) is 2. The van der Waals surface area contributed by atoms with E-state index in [0.29, 0.717) is 0 Å². The molecule has 1 rings (SSSR count). The van der Waals surface area contributed by atoms with Crippen molar-refractivity contribution in [2.24, 2.45) is 0 Å². The molecule has 0 unspecified atom stereocenters. The molecule has 0 aliphatic rings. The minimum Gasteiger partial charge on any atom is -0.476 e. The summed E-state index contributed by atoms with van der Waals surface area (Å²) < 4.78 is 3.35. The molecule has 0 amide bonds. The van der Waals surface area contributed by atoms with Gasteiger partial charge in [-0.15, -0.1) is 17.5 Å². The van der Waals surface area contributed by atoms with Crippen LogP contribution in [0.5, 0.6) is 0 Å². The van der Waals surface area contributed by atoms with Gasteiger partial charge in [-0.25, -0.2) is 4.79 Å². The second kappa shape index (κ2) is 3.37. The Bertz CT molecular complexity index is 188. The van der Waals surface area contributed by atoms with E-state index >= 15 is 0 Å². The molecule has 0 atom stereocenters. The summed E-state index contributed by atoms with van der Waals surface area (Å²) in [6, 6.07) is 0. The van der Waals surface area contributed by atoms with Crippen molar-refractivity contribution < 1.29 is 9.90 Å². The van der Waals surface area contributed by atoms with Crippen molar-refractivity contribution in [3.05, 3.63) is 11.1 Å². The topological polar surface area (TPSA) is 63.1 Å². The molecule has 4 nitrogen and oxygen atoms in total. The lowest BCUT2D eigenvalue weighted by Gasteiger charge is -1.75. The number of rotatable bonds is 1. The van der Waals surface area contributed by atoms with Gasteiger partial charge >= 0.3 is 5.97 Å². The lowest BCUT2D eigenvalue weighted by Crippen LogP contribution is -1.95. The highest BCUT2D eigenvalue weighted by atomic mass is 35.5. The molecule has 0 radical (unpaired) electrons. The van der Waals surface area contributed by atoms with Crippen LogP contribution in [0.2, 0.25) is 0 Å². The predicted octanol–water partition coefficient (Wildman–Crippen LogP) is 0.658. The average Bonchev–Trinajstić information content (AvgIpc) is 2.12. The third kappa shape index (κ3) is 1.95. The normalized spacial score (nSPS) is 8.00. The van der Waals surface area contributed by atoms with Gasteiger partial charge in [-0.3, -0.25) is 0 Å². The second-order valence-electron chi connectivity index (χ2n) is 1.10. The largest absolute Gasteiger partial charge is 0.476 e. The van der Waals surface area contributed by atoms with E-state index < -0.39 is 5.97 Å². The Labute approximate surface area is 61.1 Å². The SMILES string of the molecule is Cl.O=C(O)c1csnn1. The van der Waals surface area contributed by atoms with Crippen molar-refractivity contribution in [3.8, 4) is 0 Å². The highest BCUT2D eigenvalue weighted by molar-refractivity contribution is 7.03.